The Morgan fingerprint density at radius 2 is 1.95 bits per heavy atom. The number of rotatable bonds is 3. The first-order chi connectivity index (χ1) is 9.78. The number of ether oxygens (including phenoxy) is 1. The molecule has 4 heteroatoms. The van der Waals surface area contributed by atoms with Crippen LogP contribution in [-0.4, -0.2) is 24.6 Å². The van der Waals surface area contributed by atoms with Crippen LogP contribution in [0.5, 0.6) is 0 Å². The molecule has 1 N–H and O–H groups in total. The molecule has 1 heterocycles. The zero-order valence-corrected chi connectivity index (χ0v) is 11.1. The van der Waals surface area contributed by atoms with Crippen LogP contribution in [0.4, 0.5) is 5.69 Å². The van der Waals surface area contributed by atoms with E-state index in [2.05, 4.69) is 22.1 Å². The van der Waals surface area contributed by atoms with Gasteiger partial charge in [-0.25, -0.2) is 0 Å². The molecule has 0 atom stereocenters. The Kier molecular flexibility index (Phi) is 4.87. The fourth-order valence-electron chi connectivity index (χ4n) is 1.58. The third-order valence-corrected chi connectivity index (χ3v) is 2.45. The normalized spacial score (nSPS) is 9.45. The summed E-state index contributed by atoms with van der Waals surface area (Å²) in [5, 5.41) is 2.74. The molecule has 1 amide bonds. The van der Waals surface area contributed by atoms with Crippen molar-refractivity contribution < 1.29 is 9.53 Å². The molecule has 2 aromatic rings. The molecule has 0 radical (unpaired) electrons. The summed E-state index contributed by atoms with van der Waals surface area (Å²) < 4.78 is 4.77. The predicted molar refractivity (Wildman–Crippen MR) is 77.2 cm³/mol. The van der Waals surface area contributed by atoms with Crippen LogP contribution in [0.1, 0.15) is 11.1 Å². The van der Waals surface area contributed by atoms with Crippen molar-refractivity contribution in [3.63, 3.8) is 0 Å². The summed E-state index contributed by atoms with van der Waals surface area (Å²) in [6.07, 6.45) is 3.40. The first-order valence-corrected chi connectivity index (χ1v) is 6.09. The molecular weight excluding hydrogens is 252 g/mol. The Morgan fingerprint density at radius 3 is 2.70 bits per heavy atom. The number of hydrogen-bond acceptors (Lipinski definition) is 3. The Bertz CT molecular complexity index is 642. The van der Waals surface area contributed by atoms with E-state index >= 15 is 0 Å². The maximum atomic E-state index is 11.4. The smallest absolute Gasteiger partial charge is 0.250 e. The van der Waals surface area contributed by atoms with Gasteiger partial charge in [0.25, 0.3) is 0 Å². The molecule has 0 aliphatic carbocycles. The minimum absolute atomic E-state index is 0.0346. The van der Waals surface area contributed by atoms with Crippen LogP contribution in [-0.2, 0) is 9.53 Å². The molecule has 0 saturated carbocycles. The number of pyridine rings is 1. The first-order valence-electron chi connectivity index (χ1n) is 6.09. The predicted octanol–water partition coefficient (Wildman–Crippen LogP) is 2.07. The molecule has 1 aromatic carbocycles. The van der Waals surface area contributed by atoms with Crippen molar-refractivity contribution in [2.24, 2.45) is 0 Å². The van der Waals surface area contributed by atoms with Gasteiger partial charge in [0.15, 0.2) is 0 Å². The van der Waals surface area contributed by atoms with Crippen LogP contribution in [0.2, 0.25) is 0 Å². The van der Waals surface area contributed by atoms with Gasteiger partial charge >= 0.3 is 0 Å². The topological polar surface area (TPSA) is 51.2 Å². The van der Waals surface area contributed by atoms with E-state index in [1.807, 2.05) is 36.4 Å². The van der Waals surface area contributed by atoms with E-state index in [4.69, 9.17) is 4.74 Å². The van der Waals surface area contributed by atoms with Crippen LogP contribution in [0.25, 0.3) is 0 Å². The quantitative estimate of drug-likeness (QED) is 0.865. The molecule has 1 aromatic heterocycles. The van der Waals surface area contributed by atoms with Gasteiger partial charge in [0.1, 0.15) is 6.61 Å². The lowest BCUT2D eigenvalue weighted by Crippen LogP contribution is -2.17. The highest BCUT2D eigenvalue weighted by atomic mass is 16.5. The van der Waals surface area contributed by atoms with E-state index in [1.54, 1.807) is 12.4 Å². The Hall–Kier alpha value is -2.64. The van der Waals surface area contributed by atoms with Crippen LogP contribution in [0.15, 0.2) is 48.8 Å². The van der Waals surface area contributed by atoms with Gasteiger partial charge in [0.05, 0.1) is 0 Å². The summed E-state index contributed by atoms with van der Waals surface area (Å²) in [5.41, 5.74) is 2.43. The molecular formula is C16H14N2O2. The number of carbonyl (C=O) groups is 1. The van der Waals surface area contributed by atoms with Crippen LogP contribution in [0.3, 0.4) is 0 Å². The Labute approximate surface area is 117 Å². The second-order valence-electron chi connectivity index (χ2n) is 4.05. The van der Waals surface area contributed by atoms with Crippen molar-refractivity contribution in [3.8, 4) is 11.8 Å². The van der Waals surface area contributed by atoms with Crippen molar-refractivity contribution >= 4 is 11.6 Å². The maximum Gasteiger partial charge on any atom is 0.250 e. The Balaban J connectivity index is 2.11. The second-order valence-corrected chi connectivity index (χ2v) is 4.05. The average molecular weight is 266 g/mol. The number of nitrogens with zero attached hydrogens (tertiary/aromatic N) is 1. The van der Waals surface area contributed by atoms with Crippen LogP contribution in [0, 0.1) is 11.8 Å². The number of benzene rings is 1. The summed E-state index contributed by atoms with van der Waals surface area (Å²) in [4.78, 5) is 15.4. The molecule has 0 aliphatic heterocycles. The average Bonchev–Trinajstić information content (AvgIpc) is 2.47. The SMILES string of the molecule is COCC(=O)Nc1cccc(C#Cc2ccncc2)c1. The van der Waals surface area contributed by atoms with Gasteiger partial charge in [0.2, 0.25) is 5.91 Å². The van der Waals surface area contributed by atoms with E-state index in [0.717, 1.165) is 11.1 Å². The molecule has 100 valence electrons. The second kappa shape index (κ2) is 7.07. The largest absolute Gasteiger partial charge is 0.375 e. The maximum absolute atomic E-state index is 11.4. The highest BCUT2D eigenvalue weighted by Gasteiger charge is 2.00. The van der Waals surface area contributed by atoms with Gasteiger partial charge in [-0.3, -0.25) is 9.78 Å². The van der Waals surface area contributed by atoms with E-state index in [-0.39, 0.29) is 12.5 Å². The summed E-state index contributed by atoms with van der Waals surface area (Å²) in [7, 11) is 1.48. The monoisotopic (exact) mass is 266 g/mol. The molecule has 0 saturated heterocycles. The highest BCUT2D eigenvalue weighted by Crippen LogP contribution is 2.09. The zero-order chi connectivity index (χ0) is 14.2. The number of nitrogens with one attached hydrogen (secondary N) is 1. The summed E-state index contributed by atoms with van der Waals surface area (Å²) in [6, 6.07) is 11.1. The lowest BCUT2D eigenvalue weighted by atomic mass is 10.2. The van der Waals surface area contributed by atoms with E-state index < -0.39 is 0 Å². The van der Waals surface area contributed by atoms with Gasteiger partial charge in [0, 0.05) is 36.3 Å². The van der Waals surface area contributed by atoms with Gasteiger partial charge in [-0.15, -0.1) is 0 Å². The lowest BCUT2D eigenvalue weighted by Gasteiger charge is -2.04. The van der Waals surface area contributed by atoms with Gasteiger partial charge in [-0.05, 0) is 30.3 Å². The number of anilines is 1. The molecule has 0 spiro atoms. The number of hydrogen-bond donors (Lipinski definition) is 1. The molecule has 0 fully saturated rings. The fourth-order valence-corrected chi connectivity index (χ4v) is 1.58. The number of methoxy groups -OCH3 is 1. The van der Waals surface area contributed by atoms with Crippen LogP contribution >= 0.6 is 0 Å². The molecule has 0 bridgehead atoms. The minimum atomic E-state index is -0.188. The standard InChI is InChI=1S/C16H14N2O2/c1-20-12-16(19)18-15-4-2-3-14(11-15)6-5-13-7-9-17-10-8-13/h2-4,7-11H,12H2,1H3,(H,18,19). The van der Waals surface area contributed by atoms with Crippen molar-refractivity contribution in [1.29, 1.82) is 0 Å². The third kappa shape index (κ3) is 4.23. The zero-order valence-electron chi connectivity index (χ0n) is 11.1. The van der Waals surface area contributed by atoms with Gasteiger partial charge in [-0.1, -0.05) is 17.9 Å². The summed E-state index contributed by atoms with van der Waals surface area (Å²) in [5.74, 6) is 5.90. The molecule has 4 nitrogen and oxygen atoms in total. The summed E-state index contributed by atoms with van der Waals surface area (Å²) in [6.45, 7) is 0.0346. The summed E-state index contributed by atoms with van der Waals surface area (Å²) >= 11 is 0. The molecule has 0 aliphatic rings. The van der Waals surface area contributed by atoms with E-state index in [0.29, 0.717) is 5.69 Å². The number of aromatic nitrogens is 1. The fraction of sp³-hybridized carbons (Fsp3) is 0.125. The van der Waals surface area contributed by atoms with E-state index in [1.165, 1.54) is 7.11 Å². The van der Waals surface area contributed by atoms with Gasteiger partial charge in [-0.2, -0.15) is 0 Å². The highest BCUT2D eigenvalue weighted by molar-refractivity contribution is 5.91. The minimum Gasteiger partial charge on any atom is -0.375 e. The van der Waals surface area contributed by atoms with Crippen molar-refractivity contribution in [1.82, 2.24) is 4.98 Å². The van der Waals surface area contributed by atoms with E-state index in [9.17, 15) is 4.79 Å². The van der Waals surface area contributed by atoms with Crippen molar-refractivity contribution in [2.45, 2.75) is 0 Å². The van der Waals surface area contributed by atoms with Gasteiger partial charge < -0.3 is 10.1 Å². The Morgan fingerprint density at radius 1 is 1.20 bits per heavy atom. The number of amides is 1. The first kappa shape index (κ1) is 13.8. The van der Waals surface area contributed by atoms with Crippen LogP contribution < -0.4 is 5.32 Å². The third-order valence-electron chi connectivity index (χ3n) is 2.45. The number of carbonyl (C=O) groups excluding carboxylic acids is 1. The molecule has 0 unspecified atom stereocenters. The van der Waals surface area contributed by atoms with Crippen molar-refractivity contribution in [2.75, 3.05) is 19.0 Å². The molecule has 20 heavy (non-hydrogen) atoms. The lowest BCUT2D eigenvalue weighted by molar-refractivity contribution is -0.119. The van der Waals surface area contributed by atoms with Crippen molar-refractivity contribution in [3.05, 3.63) is 59.9 Å². The molecule has 2 rings (SSSR count).